The maximum Gasteiger partial charge on any atom is 0.137 e. The lowest BCUT2D eigenvalue weighted by Crippen LogP contribution is -2.44. The maximum absolute atomic E-state index is 13.1. The van der Waals surface area contributed by atoms with E-state index in [2.05, 4.69) is 35.1 Å². The van der Waals surface area contributed by atoms with E-state index in [0.717, 1.165) is 24.9 Å². The van der Waals surface area contributed by atoms with Crippen molar-refractivity contribution in [1.82, 2.24) is 0 Å². The predicted octanol–water partition coefficient (Wildman–Crippen LogP) is 3.91. The molecule has 1 atom stereocenters. The van der Waals surface area contributed by atoms with Gasteiger partial charge in [-0.2, -0.15) is 0 Å². The molecule has 0 saturated carbocycles. The van der Waals surface area contributed by atoms with Gasteiger partial charge < -0.3 is 11.1 Å². The van der Waals surface area contributed by atoms with Crippen molar-refractivity contribution in [3.8, 4) is 0 Å². The van der Waals surface area contributed by atoms with Crippen LogP contribution in [0.2, 0.25) is 0 Å². The van der Waals surface area contributed by atoms with Crippen LogP contribution in [0.15, 0.2) is 22.7 Å². The van der Waals surface area contributed by atoms with Crippen LogP contribution in [0.4, 0.5) is 10.1 Å². The molecule has 3 N–H and O–H groups in total. The Kier molecular flexibility index (Phi) is 5.40. The van der Waals surface area contributed by atoms with Gasteiger partial charge in [0, 0.05) is 17.8 Å². The van der Waals surface area contributed by atoms with Crippen LogP contribution in [0, 0.1) is 5.82 Å². The number of hydrogen-bond donors (Lipinski definition) is 2. The van der Waals surface area contributed by atoms with Crippen LogP contribution < -0.4 is 11.1 Å². The Morgan fingerprint density at radius 1 is 1.41 bits per heavy atom. The van der Waals surface area contributed by atoms with Crippen molar-refractivity contribution >= 4 is 21.6 Å². The first-order valence-electron chi connectivity index (χ1n) is 6.00. The fourth-order valence-corrected chi connectivity index (χ4v) is 2.36. The highest BCUT2D eigenvalue weighted by molar-refractivity contribution is 9.10. The van der Waals surface area contributed by atoms with Crippen molar-refractivity contribution in [1.29, 1.82) is 0 Å². The second-order valence-corrected chi connectivity index (χ2v) is 5.20. The van der Waals surface area contributed by atoms with Gasteiger partial charge in [0.25, 0.3) is 0 Å². The van der Waals surface area contributed by atoms with E-state index in [1.54, 1.807) is 12.1 Å². The third-order valence-corrected chi connectivity index (χ3v) is 3.73. The quantitative estimate of drug-likeness (QED) is 0.836. The van der Waals surface area contributed by atoms with Gasteiger partial charge in [0.1, 0.15) is 5.82 Å². The summed E-state index contributed by atoms with van der Waals surface area (Å²) in [7, 11) is 0. The molecule has 0 aliphatic rings. The molecule has 0 spiro atoms. The molecule has 0 aliphatic carbocycles. The largest absolute Gasteiger partial charge is 0.378 e. The van der Waals surface area contributed by atoms with Crippen LogP contribution >= 0.6 is 15.9 Å². The fraction of sp³-hybridized carbons (Fsp3) is 0.538. The minimum atomic E-state index is -0.249. The molecule has 1 unspecified atom stereocenters. The second kappa shape index (κ2) is 6.36. The average Bonchev–Trinajstić information content (AvgIpc) is 2.33. The summed E-state index contributed by atoms with van der Waals surface area (Å²) in [5.41, 5.74) is 6.68. The van der Waals surface area contributed by atoms with E-state index < -0.39 is 0 Å². The summed E-state index contributed by atoms with van der Waals surface area (Å²) in [4.78, 5) is 0. The molecule has 2 nitrogen and oxygen atoms in total. The Morgan fingerprint density at radius 3 is 2.59 bits per heavy atom. The van der Waals surface area contributed by atoms with Gasteiger partial charge >= 0.3 is 0 Å². The van der Waals surface area contributed by atoms with Crippen LogP contribution in [0.3, 0.4) is 0 Å². The van der Waals surface area contributed by atoms with Gasteiger partial charge in [0.05, 0.1) is 4.47 Å². The van der Waals surface area contributed by atoms with Crippen LogP contribution in [0.25, 0.3) is 0 Å². The Balaban J connectivity index is 2.89. The minimum Gasteiger partial charge on any atom is -0.378 e. The molecule has 1 aromatic carbocycles. The maximum atomic E-state index is 13.1. The molecular formula is C13H20BrFN2. The lowest BCUT2D eigenvalue weighted by molar-refractivity contribution is 0.422. The molecule has 0 aliphatic heterocycles. The first-order chi connectivity index (χ1) is 8.06. The average molecular weight is 303 g/mol. The van der Waals surface area contributed by atoms with E-state index in [1.165, 1.54) is 6.07 Å². The lowest BCUT2D eigenvalue weighted by atomic mass is 9.90. The topological polar surface area (TPSA) is 38.0 Å². The molecular weight excluding hydrogens is 283 g/mol. The highest BCUT2D eigenvalue weighted by Gasteiger charge is 2.25. The van der Waals surface area contributed by atoms with E-state index in [0.29, 0.717) is 11.0 Å². The van der Waals surface area contributed by atoms with Crippen molar-refractivity contribution in [2.45, 2.75) is 38.6 Å². The van der Waals surface area contributed by atoms with E-state index >= 15 is 0 Å². The van der Waals surface area contributed by atoms with Crippen molar-refractivity contribution in [2.75, 3.05) is 11.9 Å². The zero-order valence-electron chi connectivity index (χ0n) is 10.4. The zero-order chi connectivity index (χ0) is 12.9. The summed E-state index contributed by atoms with van der Waals surface area (Å²) in [6, 6.07) is 4.95. The van der Waals surface area contributed by atoms with Crippen molar-refractivity contribution < 1.29 is 4.39 Å². The first-order valence-corrected chi connectivity index (χ1v) is 6.79. The minimum absolute atomic E-state index is 0.0913. The van der Waals surface area contributed by atoms with E-state index in [1.807, 2.05) is 0 Å². The molecule has 0 heterocycles. The van der Waals surface area contributed by atoms with Gasteiger partial charge in [-0.05, 0) is 47.0 Å². The smallest absolute Gasteiger partial charge is 0.137 e. The Hall–Kier alpha value is -0.610. The summed E-state index contributed by atoms with van der Waals surface area (Å²) in [6.45, 7) is 4.84. The molecule has 0 bridgehead atoms. The number of nitrogens with one attached hydrogen (secondary N) is 1. The number of hydrogen-bond acceptors (Lipinski definition) is 2. The van der Waals surface area contributed by atoms with E-state index in [4.69, 9.17) is 5.73 Å². The standard InChI is InChI=1S/C13H20BrFN2/c1-3-7-13(4-2,9-16)17-10-5-6-12(15)11(14)8-10/h5-6,8,17H,3-4,7,9,16H2,1-2H3. The molecule has 1 aromatic rings. The molecule has 96 valence electrons. The third-order valence-electron chi connectivity index (χ3n) is 3.13. The number of nitrogens with two attached hydrogens (primary N) is 1. The number of rotatable bonds is 6. The molecule has 0 aromatic heterocycles. The Labute approximate surface area is 111 Å². The van der Waals surface area contributed by atoms with E-state index in [9.17, 15) is 4.39 Å². The normalized spacial score (nSPS) is 14.4. The molecule has 0 radical (unpaired) electrons. The van der Waals surface area contributed by atoms with Crippen molar-refractivity contribution in [3.63, 3.8) is 0 Å². The van der Waals surface area contributed by atoms with Gasteiger partial charge in [0.2, 0.25) is 0 Å². The number of anilines is 1. The highest BCUT2D eigenvalue weighted by atomic mass is 79.9. The second-order valence-electron chi connectivity index (χ2n) is 4.34. The summed E-state index contributed by atoms with van der Waals surface area (Å²) in [6.07, 6.45) is 3.03. The van der Waals surface area contributed by atoms with Crippen LogP contribution in [-0.4, -0.2) is 12.1 Å². The molecule has 0 amide bonds. The summed E-state index contributed by atoms with van der Waals surface area (Å²) < 4.78 is 13.6. The summed E-state index contributed by atoms with van der Waals surface area (Å²) in [5.74, 6) is -0.249. The van der Waals surface area contributed by atoms with Crippen LogP contribution in [0.1, 0.15) is 33.1 Å². The van der Waals surface area contributed by atoms with Gasteiger partial charge in [-0.15, -0.1) is 0 Å². The third kappa shape index (κ3) is 3.68. The van der Waals surface area contributed by atoms with Gasteiger partial charge in [-0.25, -0.2) is 4.39 Å². The summed E-state index contributed by atoms with van der Waals surface area (Å²) in [5, 5.41) is 3.44. The molecule has 0 fully saturated rings. The Morgan fingerprint density at radius 2 is 2.12 bits per heavy atom. The number of benzene rings is 1. The summed E-state index contributed by atoms with van der Waals surface area (Å²) >= 11 is 3.19. The molecule has 17 heavy (non-hydrogen) atoms. The van der Waals surface area contributed by atoms with Gasteiger partial charge in [-0.3, -0.25) is 0 Å². The van der Waals surface area contributed by atoms with Crippen LogP contribution in [0.5, 0.6) is 0 Å². The van der Waals surface area contributed by atoms with Crippen molar-refractivity contribution in [3.05, 3.63) is 28.5 Å². The highest BCUT2D eigenvalue weighted by Crippen LogP contribution is 2.26. The predicted molar refractivity (Wildman–Crippen MR) is 74.7 cm³/mol. The van der Waals surface area contributed by atoms with E-state index in [-0.39, 0.29) is 11.4 Å². The zero-order valence-corrected chi connectivity index (χ0v) is 12.0. The first kappa shape index (κ1) is 14.5. The molecule has 1 rings (SSSR count). The Bertz CT molecular complexity index is 364. The van der Waals surface area contributed by atoms with Gasteiger partial charge in [0.15, 0.2) is 0 Å². The molecule has 0 saturated heterocycles. The van der Waals surface area contributed by atoms with Gasteiger partial charge in [-0.1, -0.05) is 20.3 Å². The number of halogens is 2. The van der Waals surface area contributed by atoms with Crippen molar-refractivity contribution in [2.24, 2.45) is 5.73 Å². The monoisotopic (exact) mass is 302 g/mol. The lowest BCUT2D eigenvalue weighted by Gasteiger charge is -2.33. The van der Waals surface area contributed by atoms with Crippen LogP contribution in [-0.2, 0) is 0 Å². The SMILES string of the molecule is CCCC(CC)(CN)Nc1ccc(F)c(Br)c1. The molecule has 4 heteroatoms. The fourth-order valence-electron chi connectivity index (χ4n) is 1.98.